The van der Waals surface area contributed by atoms with E-state index >= 15 is 0 Å². The molecular formula is C9H13FN2O2. The van der Waals surface area contributed by atoms with Crippen LogP contribution in [-0.2, 0) is 4.74 Å². The minimum absolute atomic E-state index is 0.118. The molecule has 1 rings (SSSR count). The Balaban J connectivity index is 2.72. The number of ether oxygens (including phenoxy) is 2. The minimum atomic E-state index is -0.448. The quantitative estimate of drug-likeness (QED) is 0.425. The molecular weight excluding hydrogens is 187 g/mol. The van der Waals surface area contributed by atoms with Gasteiger partial charge in [-0.1, -0.05) is 6.07 Å². The Morgan fingerprint density at radius 1 is 1.43 bits per heavy atom. The van der Waals surface area contributed by atoms with Gasteiger partial charge >= 0.3 is 0 Å². The van der Waals surface area contributed by atoms with Crippen LogP contribution in [0.2, 0.25) is 0 Å². The Kier molecular flexibility index (Phi) is 4.15. The summed E-state index contributed by atoms with van der Waals surface area (Å²) in [4.78, 5) is 0. The summed E-state index contributed by atoms with van der Waals surface area (Å²) in [5.74, 6) is 4.87. The monoisotopic (exact) mass is 200 g/mol. The van der Waals surface area contributed by atoms with Gasteiger partial charge in [-0.15, -0.1) is 0 Å². The van der Waals surface area contributed by atoms with Gasteiger partial charge in [0.1, 0.15) is 6.61 Å². The average molecular weight is 200 g/mol. The molecule has 0 unspecified atom stereocenters. The molecule has 0 aliphatic heterocycles. The maximum absolute atomic E-state index is 13.2. The molecule has 0 bridgehead atoms. The van der Waals surface area contributed by atoms with E-state index in [1.807, 2.05) is 0 Å². The van der Waals surface area contributed by atoms with Gasteiger partial charge < -0.3 is 14.9 Å². The largest absolute Gasteiger partial charge is 0.486 e. The van der Waals surface area contributed by atoms with Crippen LogP contribution in [-0.4, -0.2) is 20.3 Å². The van der Waals surface area contributed by atoms with E-state index in [1.165, 1.54) is 6.07 Å². The van der Waals surface area contributed by atoms with E-state index in [1.54, 1.807) is 19.2 Å². The van der Waals surface area contributed by atoms with Crippen LogP contribution in [0, 0.1) is 5.82 Å². The number of hydrogen-bond acceptors (Lipinski definition) is 4. The predicted molar refractivity (Wildman–Crippen MR) is 51.6 cm³/mol. The molecule has 0 heterocycles. The van der Waals surface area contributed by atoms with E-state index in [0.29, 0.717) is 12.3 Å². The smallest absolute Gasteiger partial charge is 0.179 e. The zero-order valence-electron chi connectivity index (χ0n) is 7.92. The van der Waals surface area contributed by atoms with Gasteiger partial charge in [0.2, 0.25) is 0 Å². The molecule has 0 saturated heterocycles. The molecule has 0 fully saturated rings. The summed E-state index contributed by atoms with van der Waals surface area (Å²) in [7, 11) is 1.55. The van der Waals surface area contributed by atoms with Crippen molar-refractivity contribution in [1.29, 1.82) is 0 Å². The standard InChI is InChI=1S/C9H13FN2O2/c1-13-5-6-14-9-7(10)3-2-4-8(9)12-11/h2-4,12H,5-6,11H2,1H3. The Morgan fingerprint density at radius 2 is 2.21 bits per heavy atom. The fraction of sp³-hybridized carbons (Fsp3) is 0.333. The van der Waals surface area contributed by atoms with Gasteiger partial charge in [0.05, 0.1) is 12.3 Å². The average Bonchev–Trinajstić information content (AvgIpc) is 2.20. The zero-order chi connectivity index (χ0) is 10.4. The van der Waals surface area contributed by atoms with Gasteiger partial charge in [-0.2, -0.15) is 0 Å². The topological polar surface area (TPSA) is 56.5 Å². The van der Waals surface area contributed by atoms with E-state index in [0.717, 1.165) is 0 Å². The van der Waals surface area contributed by atoms with Crippen molar-refractivity contribution in [2.45, 2.75) is 0 Å². The van der Waals surface area contributed by atoms with Crippen LogP contribution < -0.4 is 16.0 Å². The summed E-state index contributed by atoms with van der Waals surface area (Å²) in [6.07, 6.45) is 0. The first kappa shape index (κ1) is 10.7. The Morgan fingerprint density at radius 3 is 2.86 bits per heavy atom. The van der Waals surface area contributed by atoms with Crippen molar-refractivity contribution in [2.24, 2.45) is 5.84 Å². The third-order valence-electron chi connectivity index (χ3n) is 1.66. The van der Waals surface area contributed by atoms with Crippen molar-refractivity contribution in [3.8, 4) is 5.75 Å². The fourth-order valence-corrected chi connectivity index (χ4v) is 0.996. The first-order valence-corrected chi connectivity index (χ1v) is 4.16. The van der Waals surface area contributed by atoms with Crippen molar-refractivity contribution in [1.82, 2.24) is 0 Å². The summed E-state index contributed by atoms with van der Waals surface area (Å²) in [5, 5.41) is 0. The number of nitrogen functional groups attached to an aromatic ring is 1. The number of hydrazine groups is 1. The molecule has 0 saturated carbocycles. The number of halogens is 1. The molecule has 5 heteroatoms. The zero-order valence-corrected chi connectivity index (χ0v) is 7.92. The van der Waals surface area contributed by atoms with Gasteiger partial charge in [-0.05, 0) is 12.1 Å². The molecule has 1 aromatic rings. The summed E-state index contributed by atoms with van der Waals surface area (Å²) in [6, 6.07) is 4.49. The maximum Gasteiger partial charge on any atom is 0.179 e. The van der Waals surface area contributed by atoms with E-state index < -0.39 is 5.82 Å². The number of hydrogen-bond donors (Lipinski definition) is 2. The number of methoxy groups -OCH3 is 1. The molecule has 0 aromatic heterocycles. The van der Waals surface area contributed by atoms with Crippen LogP contribution in [0.25, 0.3) is 0 Å². The van der Waals surface area contributed by atoms with Crippen LogP contribution in [0.15, 0.2) is 18.2 Å². The number of rotatable bonds is 5. The molecule has 0 radical (unpaired) electrons. The molecule has 0 atom stereocenters. The molecule has 1 aromatic carbocycles. The summed E-state index contributed by atoms with van der Waals surface area (Å²) in [6.45, 7) is 0.685. The minimum Gasteiger partial charge on any atom is -0.486 e. The van der Waals surface area contributed by atoms with Gasteiger partial charge in [-0.3, -0.25) is 5.84 Å². The highest BCUT2D eigenvalue weighted by Gasteiger charge is 2.07. The van der Waals surface area contributed by atoms with Gasteiger partial charge in [-0.25, -0.2) is 4.39 Å². The van der Waals surface area contributed by atoms with Crippen molar-refractivity contribution in [3.63, 3.8) is 0 Å². The number of nitrogens with one attached hydrogen (secondary N) is 1. The van der Waals surface area contributed by atoms with Crippen LogP contribution >= 0.6 is 0 Å². The highest BCUT2D eigenvalue weighted by Crippen LogP contribution is 2.26. The fourth-order valence-electron chi connectivity index (χ4n) is 0.996. The molecule has 0 amide bonds. The Hall–Kier alpha value is -1.33. The first-order chi connectivity index (χ1) is 6.79. The van der Waals surface area contributed by atoms with Crippen molar-refractivity contribution < 1.29 is 13.9 Å². The summed E-state index contributed by atoms with van der Waals surface area (Å²) < 4.78 is 23.1. The van der Waals surface area contributed by atoms with Crippen molar-refractivity contribution >= 4 is 5.69 Å². The molecule has 3 N–H and O–H groups in total. The summed E-state index contributed by atoms with van der Waals surface area (Å²) >= 11 is 0. The van der Waals surface area contributed by atoms with E-state index in [2.05, 4.69) is 5.43 Å². The highest BCUT2D eigenvalue weighted by atomic mass is 19.1. The third kappa shape index (κ3) is 2.58. The molecule has 14 heavy (non-hydrogen) atoms. The molecule has 0 spiro atoms. The lowest BCUT2D eigenvalue weighted by Crippen LogP contribution is -2.12. The van der Waals surface area contributed by atoms with E-state index in [4.69, 9.17) is 15.3 Å². The molecule has 4 nitrogen and oxygen atoms in total. The maximum atomic E-state index is 13.2. The SMILES string of the molecule is COCCOc1c(F)cccc1NN. The Labute approximate surface area is 81.8 Å². The normalized spacial score (nSPS) is 9.93. The van der Waals surface area contributed by atoms with Crippen molar-refractivity contribution in [2.75, 3.05) is 25.7 Å². The summed E-state index contributed by atoms with van der Waals surface area (Å²) in [5.41, 5.74) is 2.78. The number of para-hydroxylation sites is 1. The van der Waals surface area contributed by atoms with Gasteiger partial charge in [0.15, 0.2) is 11.6 Å². The molecule has 0 aliphatic carbocycles. The second-order valence-electron chi connectivity index (χ2n) is 2.60. The lowest BCUT2D eigenvalue weighted by molar-refractivity contribution is 0.144. The molecule has 78 valence electrons. The second-order valence-corrected chi connectivity index (χ2v) is 2.60. The van der Waals surface area contributed by atoms with E-state index in [9.17, 15) is 4.39 Å². The van der Waals surface area contributed by atoms with Gasteiger partial charge in [0, 0.05) is 7.11 Å². The lowest BCUT2D eigenvalue weighted by atomic mass is 10.3. The Bertz CT molecular complexity index is 294. The van der Waals surface area contributed by atoms with Crippen LogP contribution in [0.5, 0.6) is 5.75 Å². The van der Waals surface area contributed by atoms with Crippen LogP contribution in [0.4, 0.5) is 10.1 Å². The van der Waals surface area contributed by atoms with Crippen LogP contribution in [0.1, 0.15) is 0 Å². The molecule has 0 aliphatic rings. The van der Waals surface area contributed by atoms with Crippen molar-refractivity contribution in [3.05, 3.63) is 24.0 Å². The lowest BCUT2D eigenvalue weighted by Gasteiger charge is -2.10. The number of nitrogens with two attached hydrogens (primary N) is 1. The van der Waals surface area contributed by atoms with Crippen LogP contribution in [0.3, 0.4) is 0 Å². The second kappa shape index (κ2) is 5.41. The highest BCUT2D eigenvalue weighted by molar-refractivity contribution is 5.55. The number of anilines is 1. The predicted octanol–water partition coefficient (Wildman–Crippen LogP) is 1.14. The third-order valence-corrected chi connectivity index (χ3v) is 1.66. The van der Waals surface area contributed by atoms with E-state index in [-0.39, 0.29) is 12.4 Å². The first-order valence-electron chi connectivity index (χ1n) is 4.16. The van der Waals surface area contributed by atoms with Gasteiger partial charge in [0.25, 0.3) is 0 Å². The number of benzene rings is 1.